The van der Waals surface area contributed by atoms with Gasteiger partial charge in [0.25, 0.3) is 0 Å². The minimum atomic E-state index is -0.873. The van der Waals surface area contributed by atoms with Gasteiger partial charge in [-0.25, -0.2) is 4.79 Å². The first-order chi connectivity index (χ1) is 5.29. The Morgan fingerprint density at radius 2 is 1.50 bits per heavy atom. The first kappa shape index (κ1) is 11.4. The molecule has 0 saturated carbocycles. The van der Waals surface area contributed by atoms with Crippen molar-refractivity contribution in [2.24, 2.45) is 5.41 Å². The Balaban J connectivity index is 4.80. The molecule has 0 N–H and O–H groups in total. The summed E-state index contributed by atoms with van der Waals surface area (Å²) in [5, 5.41) is 0. The lowest BCUT2D eigenvalue weighted by molar-refractivity contribution is -0.177. The molecule has 0 aliphatic rings. The molecule has 0 bridgehead atoms. The minimum absolute atomic E-state index is 0.269. The van der Waals surface area contributed by atoms with Crippen molar-refractivity contribution in [3.05, 3.63) is 0 Å². The van der Waals surface area contributed by atoms with Crippen molar-refractivity contribution in [2.45, 2.75) is 33.3 Å². The fourth-order valence-corrected chi connectivity index (χ4v) is 0.890. The second-order valence-electron chi connectivity index (χ2n) is 3.98. The van der Waals surface area contributed by atoms with Crippen LogP contribution in [0.4, 0.5) is 0 Å². The average Bonchev–Trinajstić information content (AvgIpc) is 1.99. The molecule has 3 nitrogen and oxygen atoms in total. The van der Waals surface area contributed by atoms with Gasteiger partial charge < -0.3 is 9.47 Å². The van der Waals surface area contributed by atoms with Gasteiger partial charge in [0.2, 0.25) is 0 Å². The summed E-state index contributed by atoms with van der Waals surface area (Å²) in [6.45, 7) is 7.55. The summed E-state index contributed by atoms with van der Waals surface area (Å²) in [6, 6.07) is 0. The lowest BCUT2D eigenvalue weighted by Gasteiger charge is -2.37. The zero-order valence-electron chi connectivity index (χ0n) is 8.72. The molecular formula is C9H18O3. The second-order valence-corrected chi connectivity index (χ2v) is 3.98. The van der Waals surface area contributed by atoms with E-state index in [0.717, 1.165) is 0 Å². The predicted octanol–water partition coefficient (Wildman–Crippen LogP) is 1.61. The molecule has 0 aromatic rings. The lowest BCUT2D eigenvalue weighted by atomic mass is 9.77. The van der Waals surface area contributed by atoms with E-state index < -0.39 is 5.60 Å². The third-order valence-corrected chi connectivity index (χ3v) is 2.41. The summed E-state index contributed by atoms with van der Waals surface area (Å²) >= 11 is 0. The van der Waals surface area contributed by atoms with Crippen molar-refractivity contribution in [3.8, 4) is 0 Å². The van der Waals surface area contributed by atoms with Gasteiger partial charge >= 0.3 is 5.97 Å². The number of hydrogen-bond donors (Lipinski definition) is 0. The van der Waals surface area contributed by atoms with E-state index in [9.17, 15) is 4.79 Å². The summed E-state index contributed by atoms with van der Waals surface area (Å²) < 4.78 is 9.85. The monoisotopic (exact) mass is 174 g/mol. The van der Waals surface area contributed by atoms with Crippen LogP contribution in [0.2, 0.25) is 0 Å². The van der Waals surface area contributed by atoms with E-state index in [0.29, 0.717) is 0 Å². The Morgan fingerprint density at radius 3 is 1.58 bits per heavy atom. The number of hydrogen-bond acceptors (Lipinski definition) is 3. The summed E-state index contributed by atoms with van der Waals surface area (Å²) in [4.78, 5) is 11.4. The van der Waals surface area contributed by atoms with Gasteiger partial charge in [0.1, 0.15) is 0 Å². The van der Waals surface area contributed by atoms with E-state index >= 15 is 0 Å². The number of methoxy groups -OCH3 is 2. The van der Waals surface area contributed by atoms with E-state index in [1.54, 1.807) is 6.92 Å². The molecule has 72 valence electrons. The van der Waals surface area contributed by atoms with Crippen molar-refractivity contribution >= 4 is 5.97 Å². The molecule has 1 atom stereocenters. The highest BCUT2D eigenvalue weighted by Gasteiger charge is 2.45. The number of carbonyl (C=O) groups is 1. The minimum Gasteiger partial charge on any atom is -0.467 e. The maximum atomic E-state index is 11.4. The Bertz CT molecular complexity index is 169. The quantitative estimate of drug-likeness (QED) is 0.597. The second kappa shape index (κ2) is 3.44. The molecule has 0 aromatic heterocycles. The first-order valence-corrected chi connectivity index (χ1v) is 3.93. The number of ether oxygens (including phenoxy) is 2. The zero-order valence-corrected chi connectivity index (χ0v) is 8.72. The number of rotatable bonds is 2. The van der Waals surface area contributed by atoms with E-state index in [1.165, 1.54) is 14.2 Å². The van der Waals surface area contributed by atoms with Gasteiger partial charge in [0.05, 0.1) is 7.11 Å². The SMILES string of the molecule is COC(=O)C(C)(OC)C(C)(C)C. The molecule has 0 aliphatic carbocycles. The summed E-state index contributed by atoms with van der Waals surface area (Å²) in [7, 11) is 2.88. The van der Waals surface area contributed by atoms with E-state index in [4.69, 9.17) is 4.74 Å². The van der Waals surface area contributed by atoms with Crippen LogP contribution in [0.5, 0.6) is 0 Å². The van der Waals surface area contributed by atoms with E-state index in [2.05, 4.69) is 4.74 Å². The molecule has 0 aromatic carbocycles. The standard InChI is InChI=1S/C9H18O3/c1-8(2,3)9(4,12-6)7(10)11-5/h1-6H3. The Morgan fingerprint density at radius 1 is 1.08 bits per heavy atom. The van der Waals surface area contributed by atoms with Crippen molar-refractivity contribution < 1.29 is 14.3 Å². The Kier molecular flexibility index (Phi) is 3.27. The molecule has 12 heavy (non-hydrogen) atoms. The third kappa shape index (κ3) is 1.78. The van der Waals surface area contributed by atoms with Crippen molar-refractivity contribution in [1.82, 2.24) is 0 Å². The van der Waals surface area contributed by atoms with Gasteiger partial charge in [0.15, 0.2) is 5.60 Å². The molecule has 0 aliphatic heterocycles. The number of carbonyl (C=O) groups excluding carboxylic acids is 1. The van der Waals surface area contributed by atoms with Gasteiger partial charge in [-0.1, -0.05) is 20.8 Å². The van der Waals surface area contributed by atoms with Gasteiger partial charge in [-0.2, -0.15) is 0 Å². The predicted molar refractivity (Wildman–Crippen MR) is 46.9 cm³/mol. The molecule has 0 heterocycles. The maximum absolute atomic E-state index is 11.4. The van der Waals surface area contributed by atoms with Crippen LogP contribution in [0.1, 0.15) is 27.7 Å². The molecule has 0 spiro atoms. The summed E-state index contributed by atoms with van der Waals surface area (Å²) in [5.74, 6) is -0.336. The first-order valence-electron chi connectivity index (χ1n) is 3.93. The van der Waals surface area contributed by atoms with Gasteiger partial charge in [-0.05, 0) is 6.92 Å². The molecule has 3 heteroatoms. The Hall–Kier alpha value is -0.570. The smallest absolute Gasteiger partial charge is 0.338 e. The molecule has 1 unspecified atom stereocenters. The van der Waals surface area contributed by atoms with Crippen LogP contribution in [-0.4, -0.2) is 25.8 Å². The normalized spacial score (nSPS) is 16.8. The van der Waals surface area contributed by atoms with Crippen molar-refractivity contribution in [1.29, 1.82) is 0 Å². The number of esters is 1. The lowest BCUT2D eigenvalue weighted by Crippen LogP contribution is -2.49. The topological polar surface area (TPSA) is 35.5 Å². The third-order valence-electron chi connectivity index (χ3n) is 2.41. The van der Waals surface area contributed by atoms with E-state index in [-0.39, 0.29) is 11.4 Å². The fourth-order valence-electron chi connectivity index (χ4n) is 0.890. The van der Waals surface area contributed by atoms with E-state index in [1.807, 2.05) is 20.8 Å². The van der Waals surface area contributed by atoms with Crippen LogP contribution in [-0.2, 0) is 14.3 Å². The van der Waals surface area contributed by atoms with Crippen LogP contribution >= 0.6 is 0 Å². The molecule has 0 radical (unpaired) electrons. The Labute approximate surface area is 74.0 Å². The average molecular weight is 174 g/mol. The van der Waals surface area contributed by atoms with Crippen LogP contribution in [0.25, 0.3) is 0 Å². The summed E-state index contributed by atoms with van der Waals surface area (Å²) in [6.07, 6.45) is 0. The molecule has 0 saturated heterocycles. The molecule has 0 fully saturated rings. The maximum Gasteiger partial charge on any atom is 0.338 e. The van der Waals surface area contributed by atoms with Gasteiger partial charge in [-0.15, -0.1) is 0 Å². The molecule has 0 rings (SSSR count). The highest BCUT2D eigenvalue weighted by atomic mass is 16.6. The van der Waals surface area contributed by atoms with Crippen molar-refractivity contribution in [2.75, 3.05) is 14.2 Å². The van der Waals surface area contributed by atoms with Crippen LogP contribution < -0.4 is 0 Å². The largest absolute Gasteiger partial charge is 0.467 e. The van der Waals surface area contributed by atoms with Crippen LogP contribution in [0.3, 0.4) is 0 Å². The highest BCUT2D eigenvalue weighted by molar-refractivity contribution is 5.80. The van der Waals surface area contributed by atoms with Crippen LogP contribution in [0, 0.1) is 5.41 Å². The van der Waals surface area contributed by atoms with Gasteiger partial charge in [0, 0.05) is 12.5 Å². The zero-order chi connectivity index (χ0) is 9.99. The highest BCUT2D eigenvalue weighted by Crippen LogP contribution is 2.33. The summed E-state index contributed by atoms with van der Waals surface area (Å²) in [5.41, 5.74) is -1.14. The van der Waals surface area contributed by atoms with Crippen LogP contribution in [0.15, 0.2) is 0 Å². The van der Waals surface area contributed by atoms with Crippen molar-refractivity contribution in [3.63, 3.8) is 0 Å². The van der Waals surface area contributed by atoms with Gasteiger partial charge in [-0.3, -0.25) is 0 Å². The molecular weight excluding hydrogens is 156 g/mol. The molecule has 0 amide bonds. The fraction of sp³-hybridized carbons (Fsp3) is 0.889.